The van der Waals surface area contributed by atoms with Gasteiger partial charge in [0.1, 0.15) is 0 Å². The van der Waals surface area contributed by atoms with E-state index in [1.54, 1.807) is 0 Å². The van der Waals surface area contributed by atoms with Crippen LogP contribution in [0.4, 0.5) is 0 Å². The van der Waals surface area contributed by atoms with Crippen molar-refractivity contribution >= 4 is 0 Å². The van der Waals surface area contributed by atoms with Crippen LogP contribution in [0.3, 0.4) is 0 Å². The molecule has 0 amide bonds. The Morgan fingerprint density at radius 1 is 0.684 bits per heavy atom. The van der Waals surface area contributed by atoms with Gasteiger partial charge >= 0.3 is 0 Å². The Balaban J connectivity index is -0.0000000166. The van der Waals surface area contributed by atoms with Crippen molar-refractivity contribution in [1.82, 2.24) is 0 Å². The van der Waals surface area contributed by atoms with Crippen molar-refractivity contribution in [3.05, 3.63) is 35.9 Å². The first-order chi connectivity index (χ1) is 6.93. The first kappa shape index (κ1) is 49.6. The van der Waals surface area contributed by atoms with Crippen LogP contribution in [-0.2, 0) is 112 Å². The third-order valence-electron chi connectivity index (χ3n) is 1.25. The molecule has 0 aliphatic carbocycles. The van der Waals surface area contributed by atoms with Gasteiger partial charge in [0.15, 0.2) is 0 Å². The van der Waals surface area contributed by atoms with Crippen molar-refractivity contribution in [2.24, 2.45) is 11.5 Å². The van der Waals surface area contributed by atoms with Gasteiger partial charge in [0.25, 0.3) is 0 Å². The Kier molecular flexibility index (Phi) is 153. The predicted molar refractivity (Wildman–Crippen MR) is 67.4 cm³/mol. The summed E-state index contributed by atoms with van der Waals surface area (Å²) in [6.07, 6.45) is 1.14. The van der Waals surface area contributed by atoms with Crippen molar-refractivity contribution in [3.63, 3.8) is 0 Å². The molecule has 7 heteroatoms. The standard InChI is InChI=1S/C8H10.C2H6.2CH5N.5W/c1-2-8-6-4-3-5-7-8;3*1-2;;;;;/h3-7H,2H2,1H3;1-2H3;2*2H2,1H3;;;;;. The van der Waals surface area contributed by atoms with Gasteiger partial charge in [-0.2, -0.15) is 0 Å². The Morgan fingerprint density at radius 3 is 1.11 bits per heavy atom. The smallest absolute Gasteiger partial charge is 0 e. The zero-order valence-corrected chi connectivity index (χ0v) is 27.0. The zero-order chi connectivity index (χ0) is 11.8. The molecule has 1 rings (SSSR count). The van der Waals surface area contributed by atoms with Crippen LogP contribution in [0.15, 0.2) is 30.3 Å². The third kappa shape index (κ3) is 44.9. The Labute approximate surface area is 191 Å². The molecule has 0 saturated carbocycles. The van der Waals surface area contributed by atoms with E-state index in [4.69, 9.17) is 0 Å². The molecule has 0 saturated heterocycles. The molecule has 0 spiro atoms. The summed E-state index contributed by atoms with van der Waals surface area (Å²) in [5.41, 5.74) is 10.4. The fourth-order valence-corrected chi connectivity index (χ4v) is 0.714. The molecule has 0 bridgehead atoms. The zero-order valence-electron chi connectivity index (χ0n) is 12.3. The van der Waals surface area contributed by atoms with Crippen LogP contribution in [0.2, 0.25) is 0 Å². The average molecular weight is 1120 g/mol. The maximum Gasteiger partial charge on any atom is 0 e. The van der Waals surface area contributed by atoms with Gasteiger partial charge < -0.3 is 11.5 Å². The van der Waals surface area contributed by atoms with Gasteiger partial charge in [-0.05, 0) is 26.1 Å². The van der Waals surface area contributed by atoms with Gasteiger partial charge in [-0.15, -0.1) is 0 Å². The van der Waals surface area contributed by atoms with E-state index < -0.39 is 0 Å². The molecule has 0 radical (unpaired) electrons. The van der Waals surface area contributed by atoms with Crippen molar-refractivity contribution in [2.75, 3.05) is 14.1 Å². The summed E-state index contributed by atoms with van der Waals surface area (Å²) in [5.74, 6) is 0. The van der Waals surface area contributed by atoms with Crippen molar-refractivity contribution in [1.29, 1.82) is 0 Å². The second-order valence-electron chi connectivity index (χ2n) is 1.84. The minimum Gasteiger partial charge on any atom is -0.333 e. The van der Waals surface area contributed by atoms with Gasteiger partial charge in [-0.1, -0.05) is 51.1 Å². The molecule has 19 heavy (non-hydrogen) atoms. The number of rotatable bonds is 1. The van der Waals surface area contributed by atoms with E-state index in [0.29, 0.717) is 0 Å². The van der Waals surface area contributed by atoms with E-state index in [1.807, 2.05) is 19.9 Å². The van der Waals surface area contributed by atoms with Crippen molar-refractivity contribution in [2.45, 2.75) is 27.2 Å². The van der Waals surface area contributed by atoms with E-state index in [-0.39, 0.29) is 105 Å². The van der Waals surface area contributed by atoms with Gasteiger partial charge in [0.2, 0.25) is 0 Å². The molecule has 0 heterocycles. The second kappa shape index (κ2) is 58.8. The summed E-state index contributed by atoms with van der Waals surface area (Å²) < 4.78 is 0. The molecule has 1 aromatic rings. The average Bonchev–Trinajstić information content (AvgIpc) is 2.37. The summed E-state index contributed by atoms with van der Waals surface area (Å²) in [4.78, 5) is 0. The van der Waals surface area contributed by atoms with Gasteiger partial charge in [-0.25, -0.2) is 0 Å². The normalized spacial score (nSPS) is 4.79. The first-order valence-electron chi connectivity index (χ1n) is 5.13. The minimum atomic E-state index is 0. The van der Waals surface area contributed by atoms with Gasteiger partial charge in [-0.3, -0.25) is 0 Å². The van der Waals surface area contributed by atoms with Crippen LogP contribution in [0.25, 0.3) is 0 Å². The molecule has 0 aliphatic heterocycles. The number of benzene rings is 1. The Hall–Kier alpha value is 2.58. The molecule has 0 atom stereocenters. The quantitative estimate of drug-likeness (QED) is 0.455. The SMILES string of the molecule is CC.CCc1ccccc1.CN.CN.[W].[W].[W].[W].[W]. The van der Waals surface area contributed by atoms with Crippen molar-refractivity contribution in [3.8, 4) is 0 Å². The molecule has 0 aliphatic rings. The molecule has 114 valence electrons. The first-order valence-corrected chi connectivity index (χ1v) is 5.13. The monoisotopic (exact) mass is 1120 g/mol. The molecule has 2 nitrogen and oxygen atoms in total. The van der Waals surface area contributed by atoms with Crippen LogP contribution in [-0.4, -0.2) is 14.1 Å². The topological polar surface area (TPSA) is 52.0 Å². The maximum absolute atomic E-state index is 4.50. The van der Waals surface area contributed by atoms with Crippen LogP contribution in [0, 0.1) is 0 Å². The molecular formula is C12H26N2W5. The molecule has 0 aromatic heterocycles. The van der Waals surface area contributed by atoms with E-state index >= 15 is 0 Å². The predicted octanol–water partition coefficient (Wildman–Crippen LogP) is 2.41. The molecule has 0 fully saturated rings. The van der Waals surface area contributed by atoms with E-state index in [2.05, 4.69) is 42.7 Å². The Morgan fingerprint density at radius 2 is 0.947 bits per heavy atom. The fraction of sp³-hybridized carbons (Fsp3) is 0.500. The van der Waals surface area contributed by atoms with E-state index in [9.17, 15) is 0 Å². The summed E-state index contributed by atoms with van der Waals surface area (Å²) in [7, 11) is 3.00. The molecular weight excluding hydrogens is 1090 g/mol. The van der Waals surface area contributed by atoms with Gasteiger partial charge in [0.05, 0.1) is 0 Å². The summed E-state index contributed by atoms with van der Waals surface area (Å²) in [6, 6.07) is 10.5. The Bertz CT molecular complexity index is 165. The minimum absolute atomic E-state index is 0. The largest absolute Gasteiger partial charge is 0.333 e. The maximum atomic E-state index is 4.50. The number of aryl methyl sites for hydroxylation is 1. The van der Waals surface area contributed by atoms with E-state index in [0.717, 1.165) is 6.42 Å². The molecule has 0 unspecified atom stereocenters. The number of hydrogen-bond donors (Lipinski definition) is 2. The van der Waals surface area contributed by atoms with E-state index in [1.165, 1.54) is 19.7 Å². The van der Waals surface area contributed by atoms with Crippen molar-refractivity contribution < 1.29 is 105 Å². The third-order valence-corrected chi connectivity index (χ3v) is 1.25. The van der Waals surface area contributed by atoms with Gasteiger partial charge in [0, 0.05) is 105 Å². The fourth-order valence-electron chi connectivity index (χ4n) is 0.714. The number of nitrogens with two attached hydrogens (primary N) is 2. The van der Waals surface area contributed by atoms with Crippen LogP contribution in [0.5, 0.6) is 0 Å². The number of hydrogen-bond acceptors (Lipinski definition) is 2. The van der Waals surface area contributed by atoms with Crippen LogP contribution >= 0.6 is 0 Å². The summed E-state index contributed by atoms with van der Waals surface area (Å²) in [5, 5.41) is 0. The van der Waals surface area contributed by atoms with Crippen LogP contribution < -0.4 is 11.5 Å². The summed E-state index contributed by atoms with van der Waals surface area (Å²) >= 11 is 0. The van der Waals surface area contributed by atoms with Crippen LogP contribution in [0.1, 0.15) is 26.3 Å². The second-order valence-corrected chi connectivity index (χ2v) is 1.84. The molecule has 4 N–H and O–H groups in total. The summed E-state index contributed by atoms with van der Waals surface area (Å²) in [6.45, 7) is 6.16. The molecule has 1 aromatic carbocycles.